The molecule has 1 aromatic rings. The van der Waals surface area contributed by atoms with Crippen molar-refractivity contribution in [3.05, 3.63) is 20.8 Å². The van der Waals surface area contributed by atoms with Crippen LogP contribution in [0.1, 0.15) is 45.0 Å². The summed E-state index contributed by atoms with van der Waals surface area (Å²) in [5, 5.41) is 5.80. The smallest absolute Gasteiger partial charge is 0.0518 e. The van der Waals surface area contributed by atoms with Gasteiger partial charge in [-0.05, 0) is 40.3 Å². The monoisotopic (exact) mass is 335 g/mol. The van der Waals surface area contributed by atoms with Crippen LogP contribution in [0, 0.1) is 0 Å². The van der Waals surface area contributed by atoms with Gasteiger partial charge in [-0.3, -0.25) is 0 Å². The SMILES string of the molecule is CCCNC(CSC(C)(C)C)c1sccc1Br. The average molecular weight is 336 g/mol. The highest BCUT2D eigenvalue weighted by molar-refractivity contribution is 9.10. The summed E-state index contributed by atoms with van der Waals surface area (Å²) in [6.07, 6.45) is 1.18. The molecule has 0 spiro atoms. The van der Waals surface area contributed by atoms with Crippen LogP contribution >= 0.6 is 39.0 Å². The third-order valence-corrected chi connectivity index (χ3v) is 5.64. The van der Waals surface area contributed by atoms with Crippen molar-refractivity contribution < 1.29 is 0 Å². The summed E-state index contributed by atoms with van der Waals surface area (Å²) in [6.45, 7) is 10.1. The van der Waals surface area contributed by atoms with Gasteiger partial charge in [-0.15, -0.1) is 11.3 Å². The lowest BCUT2D eigenvalue weighted by Crippen LogP contribution is -2.25. The van der Waals surface area contributed by atoms with Gasteiger partial charge >= 0.3 is 0 Å². The molecule has 1 heterocycles. The summed E-state index contributed by atoms with van der Waals surface area (Å²) in [6, 6.07) is 2.61. The van der Waals surface area contributed by atoms with Crippen LogP contribution in [0.5, 0.6) is 0 Å². The molecule has 98 valence electrons. The van der Waals surface area contributed by atoms with E-state index in [1.165, 1.54) is 15.8 Å². The second-order valence-corrected chi connectivity index (χ2v) is 8.71. The second-order valence-electron chi connectivity index (χ2n) is 5.06. The van der Waals surface area contributed by atoms with E-state index in [0.717, 1.165) is 12.3 Å². The summed E-state index contributed by atoms with van der Waals surface area (Å²) in [7, 11) is 0. The van der Waals surface area contributed by atoms with Gasteiger partial charge in [0.15, 0.2) is 0 Å². The average Bonchev–Trinajstić information content (AvgIpc) is 2.63. The fourth-order valence-electron chi connectivity index (χ4n) is 1.43. The summed E-state index contributed by atoms with van der Waals surface area (Å²) < 4.78 is 1.57. The van der Waals surface area contributed by atoms with Crippen LogP contribution in [0.3, 0.4) is 0 Å². The van der Waals surface area contributed by atoms with E-state index in [-0.39, 0.29) is 0 Å². The van der Waals surface area contributed by atoms with Gasteiger partial charge in [0.1, 0.15) is 0 Å². The molecule has 0 bridgehead atoms. The van der Waals surface area contributed by atoms with E-state index in [1.807, 2.05) is 23.1 Å². The third kappa shape index (κ3) is 5.77. The number of nitrogens with one attached hydrogen (secondary N) is 1. The topological polar surface area (TPSA) is 12.0 Å². The molecule has 1 rings (SSSR count). The third-order valence-electron chi connectivity index (χ3n) is 2.29. The van der Waals surface area contributed by atoms with Gasteiger partial charge in [0, 0.05) is 19.8 Å². The van der Waals surface area contributed by atoms with Crippen molar-refractivity contribution >= 4 is 39.0 Å². The second kappa shape index (κ2) is 7.17. The van der Waals surface area contributed by atoms with E-state index >= 15 is 0 Å². The molecule has 1 atom stereocenters. The minimum atomic E-state index is 0.329. The van der Waals surface area contributed by atoms with E-state index < -0.39 is 0 Å². The highest BCUT2D eigenvalue weighted by atomic mass is 79.9. The summed E-state index contributed by atoms with van der Waals surface area (Å²) >= 11 is 7.50. The zero-order valence-electron chi connectivity index (χ0n) is 11.0. The van der Waals surface area contributed by atoms with E-state index in [0.29, 0.717) is 10.8 Å². The highest BCUT2D eigenvalue weighted by Gasteiger charge is 2.19. The number of halogens is 1. The first kappa shape index (κ1) is 15.5. The predicted molar refractivity (Wildman–Crippen MR) is 85.3 cm³/mol. The Morgan fingerprint density at radius 2 is 2.18 bits per heavy atom. The van der Waals surface area contributed by atoms with Gasteiger partial charge < -0.3 is 5.32 Å². The molecule has 0 fully saturated rings. The van der Waals surface area contributed by atoms with E-state index in [1.54, 1.807) is 0 Å². The van der Waals surface area contributed by atoms with Crippen molar-refractivity contribution in [2.24, 2.45) is 0 Å². The van der Waals surface area contributed by atoms with Crippen molar-refractivity contribution in [2.45, 2.75) is 44.9 Å². The number of rotatable bonds is 6. The number of hydrogen-bond donors (Lipinski definition) is 1. The zero-order valence-corrected chi connectivity index (χ0v) is 14.3. The van der Waals surface area contributed by atoms with E-state index in [2.05, 4.69) is 60.4 Å². The molecular weight excluding hydrogens is 314 g/mol. The zero-order chi connectivity index (χ0) is 12.9. The van der Waals surface area contributed by atoms with Crippen LogP contribution in [0.15, 0.2) is 15.9 Å². The molecule has 4 heteroatoms. The molecule has 1 nitrogen and oxygen atoms in total. The van der Waals surface area contributed by atoms with Crippen molar-refractivity contribution in [2.75, 3.05) is 12.3 Å². The van der Waals surface area contributed by atoms with Crippen LogP contribution in [0.2, 0.25) is 0 Å². The van der Waals surface area contributed by atoms with Crippen molar-refractivity contribution in [3.8, 4) is 0 Å². The Kier molecular flexibility index (Phi) is 6.56. The largest absolute Gasteiger partial charge is 0.309 e. The van der Waals surface area contributed by atoms with E-state index in [4.69, 9.17) is 0 Å². The highest BCUT2D eigenvalue weighted by Crippen LogP contribution is 2.34. The van der Waals surface area contributed by atoms with Gasteiger partial charge in [0.2, 0.25) is 0 Å². The van der Waals surface area contributed by atoms with Crippen LogP contribution in [-0.4, -0.2) is 17.0 Å². The molecule has 0 radical (unpaired) electrons. The Morgan fingerprint density at radius 1 is 1.47 bits per heavy atom. The van der Waals surface area contributed by atoms with Crippen molar-refractivity contribution in [1.29, 1.82) is 0 Å². The Labute approximate surface area is 122 Å². The van der Waals surface area contributed by atoms with Crippen LogP contribution in [-0.2, 0) is 0 Å². The predicted octanol–water partition coefficient (Wildman–Crippen LogP) is 5.08. The molecule has 1 N–H and O–H groups in total. The first-order valence-electron chi connectivity index (χ1n) is 6.04. The van der Waals surface area contributed by atoms with Crippen molar-refractivity contribution in [1.82, 2.24) is 5.32 Å². The molecule has 1 unspecified atom stereocenters. The standard InChI is InChI=1S/C13H22BrNS2/c1-5-7-15-11(9-17-13(2,3)4)12-10(14)6-8-16-12/h6,8,11,15H,5,7,9H2,1-4H3. The first-order valence-corrected chi connectivity index (χ1v) is 8.70. The maximum Gasteiger partial charge on any atom is 0.0518 e. The lowest BCUT2D eigenvalue weighted by Gasteiger charge is -2.23. The fraction of sp³-hybridized carbons (Fsp3) is 0.692. The Hall–Kier alpha value is 0.490. The normalized spacial score (nSPS) is 13.9. The Balaban J connectivity index is 2.64. The van der Waals surface area contributed by atoms with Crippen LogP contribution in [0.25, 0.3) is 0 Å². The van der Waals surface area contributed by atoms with Crippen LogP contribution in [0.4, 0.5) is 0 Å². The molecule has 0 saturated heterocycles. The van der Waals surface area contributed by atoms with Gasteiger partial charge in [0.05, 0.1) is 6.04 Å². The maximum atomic E-state index is 3.64. The molecule has 17 heavy (non-hydrogen) atoms. The summed E-state index contributed by atoms with van der Waals surface area (Å²) in [5.41, 5.74) is 0. The van der Waals surface area contributed by atoms with Gasteiger partial charge in [-0.1, -0.05) is 27.7 Å². The first-order chi connectivity index (χ1) is 7.94. The molecule has 0 aliphatic carbocycles. The van der Waals surface area contributed by atoms with Gasteiger partial charge in [0.25, 0.3) is 0 Å². The Bertz CT molecular complexity index is 330. The molecule has 0 aliphatic rings. The maximum absolute atomic E-state index is 3.64. The molecule has 0 aromatic carbocycles. The lowest BCUT2D eigenvalue weighted by molar-refractivity contribution is 0.581. The number of thiophene rings is 1. The van der Waals surface area contributed by atoms with E-state index in [9.17, 15) is 0 Å². The summed E-state index contributed by atoms with van der Waals surface area (Å²) in [5.74, 6) is 1.13. The number of thioether (sulfide) groups is 1. The molecule has 0 amide bonds. The quantitative estimate of drug-likeness (QED) is 0.777. The van der Waals surface area contributed by atoms with Crippen molar-refractivity contribution in [3.63, 3.8) is 0 Å². The molecule has 0 saturated carbocycles. The van der Waals surface area contributed by atoms with Crippen LogP contribution < -0.4 is 5.32 Å². The van der Waals surface area contributed by atoms with Gasteiger partial charge in [-0.25, -0.2) is 0 Å². The fourth-order valence-corrected chi connectivity index (χ4v) is 4.22. The molecule has 0 aliphatic heterocycles. The molecule has 1 aromatic heterocycles. The number of hydrogen-bond acceptors (Lipinski definition) is 3. The molecular formula is C13H22BrNS2. The minimum Gasteiger partial charge on any atom is -0.309 e. The lowest BCUT2D eigenvalue weighted by atomic mass is 10.2. The minimum absolute atomic E-state index is 0.329. The Morgan fingerprint density at radius 3 is 2.65 bits per heavy atom. The summed E-state index contributed by atoms with van der Waals surface area (Å²) in [4.78, 5) is 1.43. The van der Waals surface area contributed by atoms with Gasteiger partial charge in [-0.2, -0.15) is 11.8 Å².